The van der Waals surface area contributed by atoms with Crippen molar-refractivity contribution in [1.82, 2.24) is 5.09 Å². The molecule has 0 radical (unpaired) electrons. The highest BCUT2D eigenvalue weighted by Crippen LogP contribution is 2.42. The lowest BCUT2D eigenvalue weighted by molar-refractivity contribution is 0.0554. The van der Waals surface area contributed by atoms with E-state index in [1.54, 1.807) is 12.1 Å². The van der Waals surface area contributed by atoms with Crippen LogP contribution in [-0.2, 0) is 4.57 Å². The van der Waals surface area contributed by atoms with Crippen molar-refractivity contribution in [2.45, 2.75) is 44.2 Å². The molecule has 4 rings (SSSR count). The van der Waals surface area contributed by atoms with Gasteiger partial charge in [0, 0.05) is 10.6 Å². The fourth-order valence-corrected chi connectivity index (χ4v) is 6.99. The van der Waals surface area contributed by atoms with Gasteiger partial charge in [0.05, 0.1) is 12.3 Å². The lowest BCUT2D eigenvalue weighted by Crippen LogP contribution is -2.50. The summed E-state index contributed by atoms with van der Waals surface area (Å²) in [5.74, 6) is -0.325. The molecule has 5 nitrogen and oxygen atoms in total. The molecular formula is C25H28NO4P. The van der Waals surface area contributed by atoms with Crippen LogP contribution in [0.2, 0.25) is 0 Å². The monoisotopic (exact) mass is 437 g/mol. The van der Waals surface area contributed by atoms with Gasteiger partial charge in [0.25, 0.3) is 0 Å². The van der Waals surface area contributed by atoms with Gasteiger partial charge in [-0.05, 0) is 55.2 Å². The molecular weight excluding hydrogens is 409 g/mol. The van der Waals surface area contributed by atoms with E-state index in [1.165, 1.54) is 6.26 Å². The molecule has 2 aromatic carbocycles. The van der Waals surface area contributed by atoms with Crippen molar-refractivity contribution in [2.24, 2.45) is 5.92 Å². The first-order chi connectivity index (χ1) is 15.1. The van der Waals surface area contributed by atoms with Crippen LogP contribution < -0.4 is 15.7 Å². The van der Waals surface area contributed by atoms with Crippen molar-refractivity contribution in [1.29, 1.82) is 0 Å². The molecule has 1 aliphatic carbocycles. The first-order valence-corrected chi connectivity index (χ1v) is 12.5. The molecule has 6 heteroatoms. The topological polar surface area (TPSA) is 79.5 Å². The van der Waals surface area contributed by atoms with Crippen LogP contribution in [0.5, 0.6) is 0 Å². The van der Waals surface area contributed by atoms with Gasteiger partial charge in [0.1, 0.15) is 6.10 Å². The van der Waals surface area contributed by atoms with E-state index in [4.69, 9.17) is 4.42 Å². The van der Waals surface area contributed by atoms with Gasteiger partial charge in [-0.15, -0.1) is 0 Å². The zero-order valence-electron chi connectivity index (χ0n) is 17.4. The fourth-order valence-electron chi connectivity index (χ4n) is 4.44. The van der Waals surface area contributed by atoms with Crippen LogP contribution in [0.1, 0.15) is 42.7 Å². The summed E-state index contributed by atoms with van der Waals surface area (Å²) in [6.45, 7) is 0. The Balaban J connectivity index is 1.74. The predicted molar refractivity (Wildman–Crippen MR) is 122 cm³/mol. The van der Waals surface area contributed by atoms with E-state index in [2.05, 4.69) is 5.09 Å². The molecule has 0 unspecified atom stereocenters. The number of carbonyl (C=O) groups is 1. The molecule has 1 aliphatic rings. The highest BCUT2D eigenvalue weighted by molar-refractivity contribution is 7.76. The Morgan fingerprint density at radius 1 is 0.903 bits per heavy atom. The molecule has 2 atom stereocenters. The van der Waals surface area contributed by atoms with Gasteiger partial charge < -0.3 is 9.52 Å². The zero-order chi connectivity index (χ0) is 21.7. The number of furan rings is 1. The Morgan fingerprint density at radius 3 is 2.00 bits per heavy atom. The van der Waals surface area contributed by atoms with Crippen LogP contribution in [0.3, 0.4) is 0 Å². The van der Waals surface area contributed by atoms with Gasteiger partial charge in [-0.1, -0.05) is 55.7 Å². The maximum absolute atomic E-state index is 14.5. The number of rotatable bonds is 8. The number of hydrogen-bond acceptors (Lipinski definition) is 4. The van der Waals surface area contributed by atoms with E-state index in [0.29, 0.717) is 10.6 Å². The SMILES string of the molecule is O=C(c1ccco1)[C@@H](O)[C@@H](NP(=O)(c1ccccc1)c1ccccc1)C1CCCCC1. The highest BCUT2D eigenvalue weighted by atomic mass is 31.2. The summed E-state index contributed by atoms with van der Waals surface area (Å²) in [5.41, 5.74) is 0. The second-order valence-electron chi connectivity index (χ2n) is 8.12. The lowest BCUT2D eigenvalue weighted by atomic mass is 9.81. The fraction of sp³-hybridized carbons (Fsp3) is 0.320. The first-order valence-electron chi connectivity index (χ1n) is 10.8. The molecule has 1 heterocycles. The van der Waals surface area contributed by atoms with E-state index >= 15 is 0 Å². The molecule has 1 aromatic heterocycles. The predicted octanol–water partition coefficient (Wildman–Crippen LogP) is 4.29. The van der Waals surface area contributed by atoms with E-state index < -0.39 is 25.2 Å². The summed E-state index contributed by atoms with van der Waals surface area (Å²) in [5, 5.41) is 15.8. The number of aliphatic hydroxyl groups excluding tert-OH is 1. The third kappa shape index (κ3) is 4.74. The summed E-state index contributed by atoms with van der Waals surface area (Å²) in [4.78, 5) is 13.0. The first kappa shape index (κ1) is 21.8. The van der Waals surface area contributed by atoms with E-state index in [0.717, 1.165) is 32.1 Å². The van der Waals surface area contributed by atoms with E-state index in [-0.39, 0.29) is 11.7 Å². The molecule has 0 amide bonds. The van der Waals surface area contributed by atoms with Crippen LogP contribution in [0.4, 0.5) is 0 Å². The molecule has 2 N–H and O–H groups in total. The second kappa shape index (κ2) is 9.78. The second-order valence-corrected chi connectivity index (χ2v) is 10.6. The van der Waals surface area contributed by atoms with Gasteiger partial charge >= 0.3 is 0 Å². The molecule has 31 heavy (non-hydrogen) atoms. The normalized spacial score (nSPS) is 17.2. The van der Waals surface area contributed by atoms with Crippen molar-refractivity contribution in [3.05, 3.63) is 84.8 Å². The molecule has 0 saturated heterocycles. The molecule has 0 aliphatic heterocycles. The minimum absolute atomic E-state index is 0.0448. The van der Waals surface area contributed by atoms with Crippen molar-refractivity contribution < 1.29 is 18.9 Å². The number of hydrogen-bond donors (Lipinski definition) is 2. The summed E-state index contributed by atoms with van der Waals surface area (Å²) >= 11 is 0. The highest BCUT2D eigenvalue weighted by Gasteiger charge is 2.40. The average Bonchev–Trinajstić information content (AvgIpc) is 3.38. The van der Waals surface area contributed by atoms with E-state index in [9.17, 15) is 14.5 Å². The third-order valence-corrected chi connectivity index (χ3v) is 8.81. The van der Waals surface area contributed by atoms with Gasteiger partial charge in [0.2, 0.25) is 13.1 Å². The number of ketones is 1. The smallest absolute Gasteiger partial charge is 0.227 e. The summed E-state index contributed by atoms with van der Waals surface area (Å²) < 4.78 is 19.8. The summed E-state index contributed by atoms with van der Waals surface area (Å²) in [6.07, 6.45) is 5.03. The maximum atomic E-state index is 14.5. The van der Waals surface area contributed by atoms with Crippen molar-refractivity contribution in [3.63, 3.8) is 0 Å². The number of nitrogens with one attached hydrogen (secondary N) is 1. The molecule has 162 valence electrons. The van der Waals surface area contributed by atoms with E-state index in [1.807, 2.05) is 60.7 Å². The Hall–Kier alpha value is -2.46. The van der Waals surface area contributed by atoms with Crippen LogP contribution in [0, 0.1) is 5.92 Å². The quantitative estimate of drug-likeness (QED) is 0.406. The molecule has 1 saturated carbocycles. The van der Waals surface area contributed by atoms with Crippen LogP contribution in [-0.4, -0.2) is 23.0 Å². The lowest BCUT2D eigenvalue weighted by Gasteiger charge is -2.36. The van der Waals surface area contributed by atoms with Crippen molar-refractivity contribution in [2.75, 3.05) is 0 Å². The maximum Gasteiger partial charge on any atom is 0.227 e. The molecule has 0 bridgehead atoms. The zero-order valence-corrected chi connectivity index (χ0v) is 18.3. The standard InChI is InChI=1S/C25H28NO4P/c27-24(22-17-10-18-30-22)25(28)23(19-11-4-1-5-12-19)26-31(29,20-13-6-2-7-14-20)21-15-8-3-9-16-21/h2-3,6-10,13-19,23,25,28H,1,4-5,11-12H2,(H,26,29)/t23-,25-/m0/s1. The largest absolute Gasteiger partial charge is 0.461 e. The van der Waals surface area contributed by atoms with Gasteiger partial charge in [0.15, 0.2) is 5.76 Å². The molecule has 0 spiro atoms. The van der Waals surface area contributed by atoms with Crippen LogP contribution >= 0.6 is 7.29 Å². The molecule has 1 fully saturated rings. The average molecular weight is 437 g/mol. The Kier molecular flexibility index (Phi) is 6.86. The Morgan fingerprint density at radius 2 is 1.48 bits per heavy atom. The van der Waals surface area contributed by atoms with Crippen molar-refractivity contribution in [3.8, 4) is 0 Å². The Labute approximate surface area is 182 Å². The van der Waals surface area contributed by atoms with Crippen LogP contribution in [0.15, 0.2) is 83.5 Å². The minimum Gasteiger partial charge on any atom is -0.461 e. The summed E-state index contributed by atoms with van der Waals surface area (Å²) in [6, 6.07) is 21.0. The third-order valence-electron chi connectivity index (χ3n) is 6.10. The minimum atomic E-state index is -3.31. The number of Topliss-reactive ketones (excluding diaryl/α,β-unsaturated/α-hetero) is 1. The van der Waals surface area contributed by atoms with Gasteiger partial charge in [-0.2, -0.15) is 0 Å². The number of aliphatic hydroxyl groups is 1. The summed E-state index contributed by atoms with van der Waals surface area (Å²) in [7, 11) is -3.31. The van der Waals surface area contributed by atoms with Crippen LogP contribution in [0.25, 0.3) is 0 Å². The van der Waals surface area contributed by atoms with Crippen molar-refractivity contribution >= 4 is 23.7 Å². The van der Waals surface area contributed by atoms with Gasteiger partial charge in [-0.3, -0.25) is 14.4 Å². The Bertz CT molecular complexity index is 971. The number of carbonyl (C=O) groups excluding carboxylic acids is 1. The van der Waals surface area contributed by atoms with Gasteiger partial charge in [-0.25, -0.2) is 0 Å². The number of benzene rings is 2. The molecule has 3 aromatic rings.